The smallest absolute Gasteiger partial charge is 0.327 e. The van der Waals surface area contributed by atoms with E-state index in [1.807, 2.05) is 24.3 Å². The standard InChI is InChI=1S/C20H26N4O5S/c1-10(25)15(11(2)26)30-18-14-17(23(3)20(28)24(4)19(14)27)21-16(22-18)12-6-8-13(29-5)9-7-12/h6-9,14-18,21-22H,1-5H3. The van der Waals surface area contributed by atoms with Gasteiger partial charge < -0.3 is 9.64 Å². The lowest BCUT2D eigenvalue weighted by Crippen LogP contribution is -2.72. The van der Waals surface area contributed by atoms with Crippen molar-refractivity contribution in [2.45, 2.75) is 36.8 Å². The number of benzene rings is 1. The number of amides is 3. The molecule has 0 aliphatic carbocycles. The van der Waals surface area contributed by atoms with Gasteiger partial charge >= 0.3 is 6.03 Å². The molecule has 9 nitrogen and oxygen atoms in total. The number of nitrogens with one attached hydrogen (secondary N) is 2. The number of rotatable bonds is 6. The molecule has 2 heterocycles. The van der Waals surface area contributed by atoms with Gasteiger partial charge in [-0.2, -0.15) is 0 Å². The van der Waals surface area contributed by atoms with E-state index in [1.54, 1.807) is 14.2 Å². The maximum atomic E-state index is 13.0. The van der Waals surface area contributed by atoms with Gasteiger partial charge in [-0.25, -0.2) is 4.79 Å². The molecule has 162 valence electrons. The van der Waals surface area contributed by atoms with Gasteiger partial charge in [0.1, 0.15) is 22.6 Å². The van der Waals surface area contributed by atoms with Gasteiger partial charge in [0, 0.05) is 14.1 Å². The van der Waals surface area contributed by atoms with Crippen LogP contribution in [0.1, 0.15) is 25.6 Å². The lowest BCUT2D eigenvalue weighted by Gasteiger charge is -2.50. The fourth-order valence-corrected chi connectivity index (χ4v) is 5.11. The first-order chi connectivity index (χ1) is 14.1. The van der Waals surface area contributed by atoms with Crippen LogP contribution in [0.5, 0.6) is 5.75 Å². The van der Waals surface area contributed by atoms with Crippen LogP contribution < -0.4 is 15.4 Å². The number of ether oxygens (including phenoxy) is 1. The van der Waals surface area contributed by atoms with Crippen LogP contribution >= 0.6 is 11.8 Å². The second-order valence-electron chi connectivity index (χ2n) is 7.46. The highest BCUT2D eigenvalue weighted by Crippen LogP contribution is 2.36. The Morgan fingerprint density at radius 2 is 1.67 bits per heavy atom. The van der Waals surface area contributed by atoms with Gasteiger partial charge in [-0.3, -0.25) is 29.9 Å². The minimum atomic E-state index is -0.890. The number of hydrogen-bond donors (Lipinski definition) is 2. The number of nitrogens with zero attached hydrogens (tertiary/aromatic N) is 2. The minimum Gasteiger partial charge on any atom is -0.497 e. The van der Waals surface area contributed by atoms with E-state index in [0.29, 0.717) is 5.75 Å². The summed E-state index contributed by atoms with van der Waals surface area (Å²) in [6.07, 6.45) is -0.993. The van der Waals surface area contributed by atoms with Gasteiger partial charge in [0.15, 0.2) is 0 Å². The van der Waals surface area contributed by atoms with E-state index in [4.69, 9.17) is 4.74 Å². The predicted molar refractivity (Wildman–Crippen MR) is 112 cm³/mol. The Bertz CT molecular complexity index is 847. The Morgan fingerprint density at radius 1 is 1.07 bits per heavy atom. The molecule has 30 heavy (non-hydrogen) atoms. The summed E-state index contributed by atoms with van der Waals surface area (Å²) < 4.78 is 5.20. The number of fused-ring (bicyclic) bond motifs is 1. The lowest BCUT2D eigenvalue weighted by atomic mass is 9.96. The van der Waals surface area contributed by atoms with Crippen LogP contribution in [-0.4, -0.2) is 71.3 Å². The highest BCUT2D eigenvalue weighted by Gasteiger charge is 2.52. The largest absolute Gasteiger partial charge is 0.497 e. The Hall–Kier alpha value is -2.43. The number of imide groups is 1. The third-order valence-corrected chi connectivity index (χ3v) is 7.09. The van der Waals surface area contributed by atoms with Gasteiger partial charge in [0.05, 0.1) is 30.7 Å². The first-order valence-electron chi connectivity index (χ1n) is 9.52. The first kappa shape index (κ1) is 22.3. The molecule has 0 saturated carbocycles. The molecule has 2 aliphatic heterocycles. The van der Waals surface area contributed by atoms with E-state index < -0.39 is 34.9 Å². The molecule has 10 heteroatoms. The maximum Gasteiger partial charge on any atom is 0.327 e. The molecule has 2 N–H and O–H groups in total. The van der Waals surface area contributed by atoms with Crippen molar-refractivity contribution >= 4 is 35.3 Å². The van der Waals surface area contributed by atoms with Gasteiger partial charge in [-0.05, 0) is 31.5 Å². The second-order valence-corrected chi connectivity index (χ2v) is 8.71. The molecule has 0 bridgehead atoms. The summed E-state index contributed by atoms with van der Waals surface area (Å²) in [4.78, 5) is 52.1. The monoisotopic (exact) mass is 434 g/mol. The quantitative estimate of drug-likeness (QED) is 0.638. The maximum absolute atomic E-state index is 13.0. The van der Waals surface area contributed by atoms with Gasteiger partial charge in [0.2, 0.25) is 5.91 Å². The topological polar surface area (TPSA) is 108 Å². The van der Waals surface area contributed by atoms with Crippen molar-refractivity contribution < 1.29 is 23.9 Å². The minimum absolute atomic E-state index is 0.272. The lowest BCUT2D eigenvalue weighted by molar-refractivity contribution is -0.140. The third kappa shape index (κ3) is 4.07. The van der Waals surface area contributed by atoms with Crippen LogP contribution in [0.3, 0.4) is 0 Å². The number of ketones is 2. The number of carbonyl (C=O) groups excluding carboxylic acids is 4. The van der Waals surface area contributed by atoms with Crippen LogP contribution in [0, 0.1) is 5.92 Å². The van der Waals surface area contributed by atoms with E-state index >= 15 is 0 Å². The number of carbonyl (C=O) groups is 4. The number of methoxy groups -OCH3 is 1. The normalized spacial score (nSPS) is 26.6. The SMILES string of the molecule is COc1ccc(C2NC(SC(C(C)=O)C(C)=O)C3C(=O)N(C)C(=O)N(C)C3N2)cc1. The number of urea groups is 1. The zero-order valence-electron chi connectivity index (χ0n) is 17.5. The van der Waals surface area contributed by atoms with Crippen molar-refractivity contribution in [2.24, 2.45) is 5.92 Å². The number of hydrogen-bond acceptors (Lipinski definition) is 8. The highest BCUT2D eigenvalue weighted by molar-refractivity contribution is 8.02. The van der Waals surface area contributed by atoms with E-state index in [2.05, 4.69) is 10.6 Å². The Balaban J connectivity index is 1.97. The molecule has 3 amide bonds. The van der Waals surface area contributed by atoms with Gasteiger partial charge in [-0.1, -0.05) is 12.1 Å². The molecule has 3 rings (SSSR count). The van der Waals surface area contributed by atoms with Crippen molar-refractivity contribution in [3.05, 3.63) is 29.8 Å². The third-order valence-electron chi connectivity index (χ3n) is 5.43. The summed E-state index contributed by atoms with van der Waals surface area (Å²) in [5, 5.41) is 5.23. The zero-order valence-corrected chi connectivity index (χ0v) is 18.4. The number of Topliss-reactive ketones (excluding diaryl/α,β-unsaturated/α-hetero) is 2. The van der Waals surface area contributed by atoms with E-state index in [1.165, 1.54) is 25.8 Å². The molecule has 2 fully saturated rings. The average molecular weight is 435 g/mol. The number of thioether (sulfide) groups is 1. The molecule has 4 atom stereocenters. The average Bonchev–Trinajstić information content (AvgIpc) is 2.73. The Labute approximate surface area is 179 Å². The summed E-state index contributed by atoms with van der Waals surface area (Å²) in [5.41, 5.74) is 0.870. The van der Waals surface area contributed by atoms with Crippen molar-refractivity contribution in [3.8, 4) is 5.75 Å². The summed E-state index contributed by atoms with van der Waals surface area (Å²) in [6.45, 7) is 2.73. The fraction of sp³-hybridized carbons (Fsp3) is 0.500. The molecule has 0 radical (unpaired) electrons. The predicted octanol–water partition coefficient (Wildman–Crippen LogP) is 0.959. The Kier molecular flexibility index (Phi) is 6.49. The van der Waals surface area contributed by atoms with Gasteiger partial charge in [-0.15, -0.1) is 11.8 Å². The molecule has 4 unspecified atom stereocenters. The highest BCUT2D eigenvalue weighted by atomic mass is 32.2. The van der Waals surface area contributed by atoms with Crippen LogP contribution in [0.25, 0.3) is 0 Å². The summed E-state index contributed by atoms with van der Waals surface area (Å²) in [5.74, 6) is -0.871. The molecule has 2 aliphatic rings. The van der Waals surface area contributed by atoms with Crippen LogP contribution in [0.4, 0.5) is 4.79 Å². The van der Waals surface area contributed by atoms with E-state index in [-0.39, 0.29) is 17.5 Å². The van der Waals surface area contributed by atoms with Crippen molar-refractivity contribution in [2.75, 3.05) is 21.2 Å². The van der Waals surface area contributed by atoms with Crippen LogP contribution in [-0.2, 0) is 14.4 Å². The second kappa shape index (κ2) is 8.75. The molecule has 0 aromatic heterocycles. The zero-order chi connectivity index (χ0) is 22.2. The molecular formula is C20H26N4O5S. The molecular weight excluding hydrogens is 408 g/mol. The summed E-state index contributed by atoms with van der Waals surface area (Å²) in [7, 11) is 4.64. The van der Waals surface area contributed by atoms with Crippen molar-refractivity contribution in [1.29, 1.82) is 0 Å². The summed E-state index contributed by atoms with van der Waals surface area (Å²) in [6, 6.07) is 6.96. The van der Waals surface area contributed by atoms with Crippen molar-refractivity contribution in [3.63, 3.8) is 0 Å². The van der Waals surface area contributed by atoms with Gasteiger partial charge in [0.25, 0.3) is 0 Å². The molecule has 0 spiro atoms. The Morgan fingerprint density at radius 3 is 2.20 bits per heavy atom. The molecule has 2 saturated heterocycles. The van der Waals surface area contributed by atoms with E-state index in [9.17, 15) is 19.2 Å². The molecule has 1 aromatic carbocycles. The van der Waals surface area contributed by atoms with Crippen molar-refractivity contribution in [1.82, 2.24) is 20.4 Å². The van der Waals surface area contributed by atoms with Crippen LogP contribution in [0.15, 0.2) is 24.3 Å². The van der Waals surface area contributed by atoms with E-state index in [0.717, 1.165) is 22.2 Å². The fourth-order valence-electron chi connectivity index (χ4n) is 3.78. The summed E-state index contributed by atoms with van der Waals surface area (Å²) >= 11 is 1.12. The van der Waals surface area contributed by atoms with Crippen LogP contribution in [0.2, 0.25) is 0 Å². The first-order valence-corrected chi connectivity index (χ1v) is 10.5. The molecule has 1 aromatic rings.